The van der Waals surface area contributed by atoms with Crippen LogP contribution in [0.4, 0.5) is 16.3 Å². The molecular weight excluding hydrogens is 522 g/mol. The van der Waals surface area contributed by atoms with Gasteiger partial charge in [0.2, 0.25) is 0 Å². The van der Waals surface area contributed by atoms with Crippen LogP contribution >= 0.6 is 22.9 Å². The van der Waals surface area contributed by atoms with E-state index in [1.165, 1.54) is 17.7 Å². The Hall–Kier alpha value is -3.91. The zero-order valence-electron chi connectivity index (χ0n) is 20.6. The van der Waals surface area contributed by atoms with Crippen LogP contribution < -0.4 is 26.0 Å². The average molecular weight is 548 g/mol. The lowest BCUT2D eigenvalue weighted by atomic mass is 10.2. The molecule has 2 amide bonds. The summed E-state index contributed by atoms with van der Waals surface area (Å²) in [5.74, 6) is 7.78. The first-order chi connectivity index (χ1) is 18.6. The molecule has 0 saturated carbocycles. The maximum absolute atomic E-state index is 11.7. The third-order valence-electron chi connectivity index (χ3n) is 5.81. The fourth-order valence-corrected chi connectivity index (χ4v) is 5.10. The topological polar surface area (TPSA) is 113 Å². The van der Waals surface area contributed by atoms with Crippen molar-refractivity contribution in [2.45, 2.75) is 32.0 Å². The van der Waals surface area contributed by atoms with Crippen molar-refractivity contribution in [2.75, 3.05) is 18.4 Å². The van der Waals surface area contributed by atoms with E-state index < -0.39 is 0 Å². The monoisotopic (exact) mass is 547 g/mol. The second-order valence-electron chi connectivity index (χ2n) is 8.64. The zero-order valence-corrected chi connectivity index (χ0v) is 22.2. The second kappa shape index (κ2) is 12.1. The number of amides is 2. The maximum Gasteiger partial charge on any atom is 0.315 e. The minimum Gasteiger partial charge on any atom is -0.487 e. The summed E-state index contributed by atoms with van der Waals surface area (Å²) in [5, 5.41) is 13.8. The summed E-state index contributed by atoms with van der Waals surface area (Å²) in [4.78, 5) is 26.4. The molecule has 4 heterocycles. The second-order valence-corrected chi connectivity index (χ2v) is 10.1. The molecule has 1 aromatic carbocycles. The Balaban J connectivity index is 1.24. The number of anilines is 2. The molecule has 0 aliphatic carbocycles. The van der Waals surface area contributed by atoms with E-state index in [-0.39, 0.29) is 18.1 Å². The number of carbonyl (C=O) groups is 1. The smallest absolute Gasteiger partial charge is 0.315 e. The van der Waals surface area contributed by atoms with Gasteiger partial charge in [0.1, 0.15) is 29.3 Å². The molecule has 2 atom stereocenters. The van der Waals surface area contributed by atoms with E-state index in [0.717, 1.165) is 32.8 Å². The van der Waals surface area contributed by atoms with Gasteiger partial charge in [-0.15, -0.1) is 11.3 Å². The normalized spacial score (nSPS) is 16.5. The van der Waals surface area contributed by atoms with E-state index in [4.69, 9.17) is 16.3 Å². The highest BCUT2D eigenvalue weighted by Gasteiger charge is 2.23. The molecule has 3 aromatic heterocycles. The van der Waals surface area contributed by atoms with Gasteiger partial charge in [-0.1, -0.05) is 29.5 Å². The molecule has 0 bridgehead atoms. The minimum absolute atomic E-state index is 0.0110. The summed E-state index contributed by atoms with van der Waals surface area (Å²) < 4.78 is 5.84. The summed E-state index contributed by atoms with van der Waals surface area (Å²) in [6.07, 6.45) is 5.77. The van der Waals surface area contributed by atoms with E-state index in [1.54, 1.807) is 18.5 Å². The van der Waals surface area contributed by atoms with Crippen molar-refractivity contribution in [3.63, 3.8) is 0 Å². The lowest BCUT2D eigenvalue weighted by molar-refractivity contribution is 0.238. The Morgan fingerprint density at radius 3 is 3.03 bits per heavy atom. The van der Waals surface area contributed by atoms with Gasteiger partial charge in [0.25, 0.3) is 0 Å². The third-order valence-corrected chi connectivity index (χ3v) is 7.07. The molecular formula is C27H26ClN7O2S. The molecule has 0 radical (unpaired) electrons. The van der Waals surface area contributed by atoms with Crippen LogP contribution in [0.5, 0.6) is 5.75 Å². The molecule has 0 spiro atoms. The number of hydrogen-bond acceptors (Lipinski definition) is 8. The first-order valence-corrected chi connectivity index (χ1v) is 13.4. The number of thiophene rings is 1. The molecule has 1 aliphatic heterocycles. The SMILES string of the molecule is CCNC(=O)N[C@H]1CN[C@H](C#Cc2cc3c(Nc4ccc(OCc5cccnc5)c(Cl)c4)ncnc3s2)C1. The van der Waals surface area contributed by atoms with Gasteiger partial charge in [-0.25, -0.2) is 14.8 Å². The molecule has 1 saturated heterocycles. The number of hydrogen-bond donors (Lipinski definition) is 4. The van der Waals surface area contributed by atoms with E-state index in [9.17, 15) is 4.79 Å². The van der Waals surface area contributed by atoms with Crippen LogP contribution in [0.15, 0.2) is 55.1 Å². The standard InChI is InChI=1S/C27H26ClN7O2S/c1-2-30-27(36)35-20-10-18(31-14-20)5-7-21-12-22-25(32-16-33-26(22)38-21)34-19-6-8-24(23(28)11-19)37-15-17-4-3-9-29-13-17/h3-4,6,8-9,11-13,16,18,20,31H,2,10,14-15H2,1H3,(H2,30,35,36)(H,32,33,34)/t18-,20-/m1/s1. The summed E-state index contributed by atoms with van der Waals surface area (Å²) in [6, 6.07) is 11.2. The Labute approximate surface area is 229 Å². The van der Waals surface area contributed by atoms with Gasteiger partial charge in [0.05, 0.1) is 21.3 Å². The van der Waals surface area contributed by atoms with Gasteiger partial charge in [-0.2, -0.15) is 0 Å². The van der Waals surface area contributed by atoms with Crippen molar-refractivity contribution in [2.24, 2.45) is 0 Å². The van der Waals surface area contributed by atoms with Crippen molar-refractivity contribution in [3.8, 4) is 17.6 Å². The van der Waals surface area contributed by atoms with Gasteiger partial charge in [-0.3, -0.25) is 4.98 Å². The van der Waals surface area contributed by atoms with Crippen molar-refractivity contribution in [3.05, 3.63) is 70.6 Å². The minimum atomic E-state index is -0.149. The van der Waals surface area contributed by atoms with Crippen LogP contribution in [-0.4, -0.2) is 46.2 Å². The predicted octanol–water partition coefficient (Wildman–Crippen LogP) is 4.46. The Morgan fingerprint density at radius 1 is 1.29 bits per heavy atom. The lowest BCUT2D eigenvalue weighted by Gasteiger charge is -2.11. The van der Waals surface area contributed by atoms with Crippen molar-refractivity contribution in [1.82, 2.24) is 30.9 Å². The number of urea groups is 1. The molecule has 1 aliphatic rings. The zero-order chi connectivity index (χ0) is 26.3. The van der Waals surface area contributed by atoms with Gasteiger partial charge in [0.15, 0.2) is 0 Å². The summed E-state index contributed by atoms with van der Waals surface area (Å²) in [7, 11) is 0. The van der Waals surface area contributed by atoms with Crippen molar-refractivity contribution < 1.29 is 9.53 Å². The molecule has 1 fully saturated rings. The van der Waals surface area contributed by atoms with E-state index in [0.29, 0.717) is 36.3 Å². The molecule has 38 heavy (non-hydrogen) atoms. The Morgan fingerprint density at radius 2 is 2.21 bits per heavy atom. The third kappa shape index (κ3) is 6.50. The summed E-state index contributed by atoms with van der Waals surface area (Å²) >= 11 is 7.99. The van der Waals surface area contributed by atoms with Crippen molar-refractivity contribution >= 4 is 50.7 Å². The van der Waals surface area contributed by atoms with Crippen LogP contribution in [0.3, 0.4) is 0 Å². The largest absolute Gasteiger partial charge is 0.487 e. The molecule has 9 nitrogen and oxygen atoms in total. The number of fused-ring (bicyclic) bond motifs is 1. The van der Waals surface area contributed by atoms with Gasteiger partial charge in [0, 0.05) is 42.8 Å². The lowest BCUT2D eigenvalue weighted by Crippen LogP contribution is -2.42. The number of pyridine rings is 1. The molecule has 5 rings (SSSR count). The van der Waals surface area contributed by atoms with Crippen LogP contribution in [0.1, 0.15) is 23.8 Å². The van der Waals surface area contributed by atoms with E-state index >= 15 is 0 Å². The number of rotatable bonds is 7. The van der Waals surface area contributed by atoms with Crippen molar-refractivity contribution in [1.29, 1.82) is 0 Å². The van der Waals surface area contributed by atoms with Crippen LogP contribution in [0, 0.1) is 11.8 Å². The van der Waals surface area contributed by atoms with Gasteiger partial charge < -0.3 is 26.0 Å². The number of nitrogens with one attached hydrogen (secondary N) is 4. The molecule has 4 aromatic rings. The number of halogens is 1. The van der Waals surface area contributed by atoms with Crippen LogP contribution in [-0.2, 0) is 6.61 Å². The fourth-order valence-electron chi connectivity index (χ4n) is 4.00. The first-order valence-electron chi connectivity index (χ1n) is 12.2. The van der Waals surface area contributed by atoms with E-state index in [1.807, 2.05) is 37.3 Å². The predicted molar refractivity (Wildman–Crippen MR) is 150 cm³/mol. The van der Waals surface area contributed by atoms with Gasteiger partial charge >= 0.3 is 6.03 Å². The highest BCUT2D eigenvalue weighted by atomic mass is 35.5. The highest BCUT2D eigenvalue weighted by Crippen LogP contribution is 2.33. The van der Waals surface area contributed by atoms with Gasteiger partial charge in [-0.05, 0) is 43.7 Å². The van der Waals surface area contributed by atoms with Crippen LogP contribution in [0.2, 0.25) is 5.02 Å². The number of carbonyl (C=O) groups excluding carboxylic acids is 1. The first kappa shape index (κ1) is 25.7. The fraction of sp³-hybridized carbons (Fsp3) is 0.259. The average Bonchev–Trinajstić information content (AvgIpc) is 3.55. The maximum atomic E-state index is 11.7. The summed E-state index contributed by atoms with van der Waals surface area (Å²) in [5.41, 5.74) is 1.74. The Kier molecular flexibility index (Phi) is 8.19. The van der Waals surface area contributed by atoms with E-state index in [2.05, 4.69) is 48.1 Å². The quantitative estimate of drug-likeness (QED) is 0.253. The Bertz CT molecular complexity index is 1490. The molecule has 194 valence electrons. The molecule has 11 heteroatoms. The number of nitrogens with zero attached hydrogens (tertiary/aromatic N) is 3. The molecule has 4 N–H and O–H groups in total. The number of ether oxygens (including phenoxy) is 1. The number of benzene rings is 1. The summed E-state index contributed by atoms with van der Waals surface area (Å²) in [6.45, 7) is 3.56. The highest BCUT2D eigenvalue weighted by molar-refractivity contribution is 7.19. The molecule has 0 unspecified atom stereocenters. The van der Waals surface area contributed by atoms with Crippen LogP contribution in [0.25, 0.3) is 10.2 Å². The number of aromatic nitrogens is 3.